The molecular weight excluding hydrogens is 813 g/mol. The minimum atomic E-state index is 0.729. The molecule has 0 unspecified atom stereocenters. The van der Waals surface area contributed by atoms with E-state index >= 15 is 0 Å². The maximum atomic E-state index is 2.83. The Morgan fingerprint density at radius 3 is 0.731 bits per heavy atom. The minimum Gasteiger partial charge on any atom is -0.366 e. The minimum absolute atomic E-state index is 0.729. The Kier molecular flexibility index (Phi) is 9.15. The van der Waals surface area contributed by atoms with Crippen LogP contribution in [0.4, 0.5) is 34.1 Å². The van der Waals surface area contributed by atoms with Crippen molar-refractivity contribution in [3.8, 4) is 33.4 Å². The highest BCUT2D eigenvalue weighted by molar-refractivity contribution is 5.82. The largest absolute Gasteiger partial charge is 0.366 e. The van der Waals surface area contributed by atoms with Gasteiger partial charge in [-0.05, 0) is 238 Å². The average molecular weight is 879 g/mol. The van der Waals surface area contributed by atoms with Gasteiger partial charge in [-0.2, -0.15) is 0 Å². The van der Waals surface area contributed by atoms with Gasteiger partial charge in [0.05, 0.1) is 0 Å². The van der Waals surface area contributed by atoms with Crippen molar-refractivity contribution in [1.29, 1.82) is 0 Å². The smallest absolute Gasteiger partial charge is 0.0462 e. The first kappa shape index (κ1) is 39.5. The van der Waals surface area contributed by atoms with Gasteiger partial charge in [0.25, 0.3) is 0 Å². The zero-order valence-corrected chi connectivity index (χ0v) is 39.2. The molecule has 0 spiro atoms. The first-order valence-corrected chi connectivity index (χ1v) is 26.8. The zero-order chi connectivity index (χ0) is 43.7. The predicted molar refractivity (Wildman–Crippen MR) is 278 cm³/mol. The third-order valence-electron chi connectivity index (χ3n) is 19.4. The predicted octanol–water partition coefficient (Wildman–Crippen LogP) is 15.5. The highest BCUT2D eigenvalue weighted by atomic mass is 15.2. The topological polar surface area (TPSA) is 13.0 Å². The van der Waals surface area contributed by atoms with E-state index in [1.54, 1.807) is 0 Å². The fourth-order valence-electron chi connectivity index (χ4n) is 17.3. The van der Waals surface area contributed by atoms with Gasteiger partial charge in [0, 0.05) is 70.4 Å². The van der Waals surface area contributed by atoms with Crippen LogP contribution in [0.25, 0.3) is 33.4 Å². The van der Waals surface area contributed by atoms with Crippen molar-refractivity contribution in [3.05, 3.63) is 146 Å². The Balaban J connectivity index is 0.740. The summed E-state index contributed by atoms with van der Waals surface area (Å²) in [6.07, 6.45) is 21.2. The van der Waals surface area contributed by atoms with Crippen molar-refractivity contribution in [1.82, 2.24) is 0 Å². The van der Waals surface area contributed by atoms with Gasteiger partial charge in [0.2, 0.25) is 0 Å². The fourth-order valence-corrected chi connectivity index (χ4v) is 17.3. The first-order chi connectivity index (χ1) is 33.0. The molecule has 0 N–H and O–H groups in total. The van der Waals surface area contributed by atoms with E-state index in [4.69, 9.17) is 0 Å². The summed E-state index contributed by atoms with van der Waals surface area (Å²) in [5, 5.41) is 0. The molecule has 6 saturated carbocycles. The van der Waals surface area contributed by atoms with Crippen LogP contribution in [0.1, 0.15) is 96.3 Å². The lowest BCUT2D eigenvalue weighted by Gasteiger charge is -2.57. The van der Waals surface area contributed by atoms with Crippen LogP contribution < -0.4 is 19.6 Å². The molecule has 12 aliphatic rings. The summed E-state index contributed by atoms with van der Waals surface area (Å²) in [5.41, 5.74) is 15.6. The van der Waals surface area contributed by atoms with Gasteiger partial charge >= 0.3 is 0 Å². The number of rotatable bonds is 9. The van der Waals surface area contributed by atoms with Crippen molar-refractivity contribution in [2.75, 3.05) is 19.6 Å². The summed E-state index contributed by atoms with van der Waals surface area (Å²) in [4.78, 5) is 10.9. The molecule has 0 amide bonds. The monoisotopic (exact) mass is 879 g/mol. The van der Waals surface area contributed by atoms with Crippen LogP contribution >= 0.6 is 0 Å². The molecule has 6 aromatic carbocycles. The van der Waals surface area contributed by atoms with Crippen LogP contribution in [0.15, 0.2) is 146 Å². The van der Waals surface area contributed by atoms with Gasteiger partial charge in [-0.25, -0.2) is 0 Å². The van der Waals surface area contributed by atoms with Gasteiger partial charge in [-0.15, -0.1) is 0 Å². The van der Waals surface area contributed by atoms with E-state index in [1.807, 2.05) is 0 Å². The maximum Gasteiger partial charge on any atom is 0.0462 e. The molecule has 12 fully saturated rings. The standard InChI is InChI=1S/C63H66N4/c1-4-49(37-55(7-1)65-58-25-40-22-41(27-58)28-59(65)26-40)46-10-16-52(17-11-46)64(53-18-12-47(13-19-53)50-5-2-8-56(38-50)66-60-29-42-23-43(31-60)32-61(66)30-42)54-20-14-48(15-21-54)51-6-3-9-57(39-51)67-62-33-44-24-45(35-62)36-63(67)34-44/h1-21,37-45,58-63H,22-36H2. The fraction of sp³-hybridized carbons (Fsp3) is 0.429. The second kappa shape index (κ2) is 15.5. The summed E-state index contributed by atoms with van der Waals surface area (Å²) < 4.78 is 0. The SMILES string of the molecule is c1cc(-c2ccc(N(c3ccc(-c4cccc(N5C6CC7CC(C6)CC5C7)c4)cc3)c3ccc(-c4cccc(N5C6CC7CC(C6)CC5C7)c4)cc3)cc2)cc(N2C3CC4CC(C3)CC2C4)c1. The van der Waals surface area contributed by atoms with E-state index in [-0.39, 0.29) is 0 Å². The molecule has 0 radical (unpaired) electrons. The van der Waals surface area contributed by atoms with E-state index in [2.05, 4.69) is 165 Å². The highest BCUT2D eigenvalue weighted by Crippen LogP contribution is 2.54. The molecule has 12 bridgehead atoms. The van der Waals surface area contributed by atoms with Gasteiger partial charge < -0.3 is 19.6 Å². The Bertz CT molecular complexity index is 2420. The number of benzene rings is 6. The first-order valence-electron chi connectivity index (χ1n) is 26.8. The molecule has 0 aromatic heterocycles. The van der Waals surface area contributed by atoms with Crippen molar-refractivity contribution in [3.63, 3.8) is 0 Å². The van der Waals surface area contributed by atoms with Crippen LogP contribution in [0.3, 0.4) is 0 Å². The Morgan fingerprint density at radius 2 is 0.493 bits per heavy atom. The quantitative estimate of drug-likeness (QED) is 0.143. The van der Waals surface area contributed by atoms with Gasteiger partial charge in [0.15, 0.2) is 0 Å². The molecule has 6 aliphatic heterocycles. The number of nitrogens with zero attached hydrogens (tertiary/aromatic N) is 4. The molecule has 6 heterocycles. The van der Waals surface area contributed by atoms with E-state index in [1.165, 1.54) is 164 Å². The molecule has 4 heteroatoms. The lowest BCUT2D eigenvalue weighted by atomic mass is 9.63. The van der Waals surface area contributed by atoms with Crippen molar-refractivity contribution >= 4 is 34.1 Å². The van der Waals surface area contributed by atoms with E-state index in [9.17, 15) is 0 Å². The number of hydrogen-bond donors (Lipinski definition) is 0. The van der Waals surface area contributed by atoms with Crippen LogP contribution in [-0.2, 0) is 0 Å². The lowest BCUT2D eigenvalue weighted by Crippen LogP contribution is -2.58. The Hall–Kier alpha value is -5.48. The molecule has 6 aliphatic carbocycles. The second-order valence-electron chi connectivity index (χ2n) is 23.5. The van der Waals surface area contributed by atoms with Gasteiger partial charge in [0.1, 0.15) is 0 Å². The molecule has 338 valence electrons. The average Bonchev–Trinajstić information content (AvgIpc) is 3.34. The number of piperidine rings is 6. The molecular formula is C63H66N4. The van der Waals surface area contributed by atoms with E-state index in [0.717, 1.165) is 71.8 Å². The third-order valence-corrected chi connectivity index (χ3v) is 19.4. The van der Waals surface area contributed by atoms with Crippen molar-refractivity contribution in [2.45, 2.75) is 133 Å². The molecule has 4 nitrogen and oxygen atoms in total. The second-order valence-corrected chi connectivity index (χ2v) is 23.5. The zero-order valence-electron chi connectivity index (χ0n) is 39.2. The highest BCUT2D eigenvalue weighted by Gasteiger charge is 2.49. The molecule has 6 saturated heterocycles. The Morgan fingerprint density at radius 1 is 0.254 bits per heavy atom. The maximum absolute atomic E-state index is 2.83. The van der Waals surface area contributed by atoms with Crippen LogP contribution in [0, 0.1) is 35.5 Å². The summed E-state index contributed by atoms with van der Waals surface area (Å²) in [5.74, 6) is 5.79. The van der Waals surface area contributed by atoms with Gasteiger partial charge in [-0.1, -0.05) is 72.8 Å². The molecule has 18 rings (SSSR count). The van der Waals surface area contributed by atoms with Gasteiger partial charge in [-0.3, -0.25) is 0 Å². The van der Waals surface area contributed by atoms with Crippen molar-refractivity contribution in [2.24, 2.45) is 35.5 Å². The Labute approximate surface area is 399 Å². The van der Waals surface area contributed by atoms with E-state index in [0.29, 0.717) is 0 Å². The molecule has 6 aromatic rings. The number of hydrogen-bond acceptors (Lipinski definition) is 4. The number of anilines is 6. The summed E-state index contributed by atoms with van der Waals surface area (Å²) >= 11 is 0. The summed E-state index contributed by atoms with van der Waals surface area (Å²) in [6, 6.07) is 61.0. The van der Waals surface area contributed by atoms with Crippen molar-refractivity contribution < 1.29 is 0 Å². The third kappa shape index (κ3) is 6.80. The summed E-state index contributed by atoms with van der Waals surface area (Å²) in [7, 11) is 0. The van der Waals surface area contributed by atoms with Crippen LogP contribution in [0.5, 0.6) is 0 Å². The molecule has 0 atom stereocenters. The summed E-state index contributed by atoms with van der Waals surface area (Å²) in [6.45, 7) is 0. The van der Waals surface area contributed by atoms with Crippen LogP contribution in [-0.4, -0.2) is 36.3 Å². The normalized spacial score (nSPS) is 32.7. The molecule has 67 heavy (non-hydrogen) atoms. The lowest BCUT2D eigenvalue weighted by molar-refractivity contribution is 0.0899. The van der Waals surface area contributed by atoms with E-state index < -0.39 is 0 Å². The van der Waals surface area contributed by atoms with Crippen LogP contribution in [0.2, 0.25) is 0 Å².